The lowest BCUT2D eigenvalue weighted by Gasteiger charge is -2.24. The second kappa shape index (κ2) is 6.61. The Morgan fingerprint density at radius 2 is 2.05 bits per heavy atom. The Morgan fingerprint density at radius 3 is 2.65 bits per heavy atom. The fourth-order valence-electron chi connectivity index (χ4n) is 2.43. The summed E-state index contributed by atoms with van der Waals surface area (Å²) in [5.74, 6) is 0.597. The lowest BCUT2D eigenvalue weighted by molar-refractivity contribution is -0.144. The Balaban J connectivity index is 2.16. The Hall–Kier alpha value is -1.75. The Morgan fingerprint density at radius 1 is 1.35 bits per heavy atom. The number of hydrogen-bond acceptors (Lipinski definition) is 4. The molecule has 1 aromatic rings. The van der Waals surface area contributed by atoms with Crippen LogP contribution in [0.5, 0.6) is 11.5 Å². The summed E-state index contributed by atoms with van der Waals surface area (Å²) in [4.78, 5) is 10.8. The van der Waals surface area contributed by atoms with Crippen LogP contribution >= 0.6 is 0 Å². The molecular formula is C15H21NO4. The fourth-order valence-corrected chi connectivity index (χ4v) is 2.43. The maximum atomic E-state index is 10.8. The minimum atomic E-state index is -0.991. The second-order valence-electron chi connectivity index (χ2n) is 5.03. The fraction of sp³-hybridized carbons (Fsp3) is 0.533. The molecule has 2 rings (SSSR count). The summed E-state index contributed by atoms with van der Waals surface area (Å²) < 4.78 is 10.7. The van der Waals surface area contributed by atoms with Gasteiger partial charge in [0.1, 0.15) is 0 Å². The third-order valence-electron chi connectivity index (χ3n) is 3.65. The van der Waals surface area contributed by atoms with Gasteiger partial charge in [0.2, 0.25) is 0 Å². The lowest BCUT2D eigenvalue weighted by atomic mass is 9.90. The summed E-state index contributed by atoms with van der Waals surface area (Å²) >= 11 is 0. The number of rotatable bonds is 5. The highest BCUT2D eigenvalue weighted by molar-refractivity contribution is 5.72. The number of carboxylic acids is 1. The molecule has 5 nitrogen and oxygen atoms in total. The molecule has 1 saturated heterocycles. The van der Waals surface area contributed by atoms with Crippen molar-refractivity contribution in [2.45, 2.75) is 31.8 Å². The first-order valence-corrected chi connectivity index (χ1v) is 6.90. The van der Waals surface area contributed by atoms with Crippen LogP contribution in [-0.2, 0) is 4.79 Å². The molecule has 1 aromatic carbocycles. The van der Waals surface area contributed by atoms with Crippen LogP contribution in [0.1, 0.15) is 31.2 Å². The van der Waals surface area contributed by atoms with Crippen LogP contribution in [0.2, 0.25) is 0 Å². The van der Waals surface area contributed by atoms with Gasteiger partial charge in [-0.05, 0) is 56.5 Å². The molecule has 1 atom stereocenters. The Labute approximate surface area is 118 Å². The second-order valence-corrected chi connectivity index (χ2v) is 5.03. The number of carbonyl (C=O) groups is 1. The maximum absolute atomic E-state index is 10.8. The van der Waals surface area contributed by atoms with Gasteiger partial charge in [-0.3, -0.25) is 0 Å². The van der Waals surface area contributed by atoms with Gasteiger partial charge in [-0.15, -0.1) is 0 Å². The number of aliphatic carboxylic acids is 1. The van der Waals surface area contributed by atoms with Gasteiger partial charge < -0.3 is 19.9 Å². The smallest absolute Gasteiger partial charge is 0.344 e. The van der Waals surface area contributed by atoms with Crippen LogP contribution in [0.4, 0.5) is 0 Å². The van der Waals surface area contributed by atoms with Crippen LogP contribution in [-0.4, -0.2) is 37.4 Å². The minimum Gasteiger partial charge on any atom is -0.493 e. The van der Waals surface area contributed by atoms with Gasteiger partial charge in [-0.2, -0.15) is 0 Å². The van der Waals surface area contributed by atoms with Crippen LogP contribution < -0.4 is 14.8 Å². The van der Waals surface area contributed by atoms with Crippen molar-refractivity contribution < 1.29 is 19.4 Å². The van der Waals surface area contributed by atoms with Gasteiger partial charge in [-0.1, -0.05) is 6.07 Å². The van der Waals surface area contributed by atoms with Gasteiger partial charge in [-0.25, -0.2) is 4.79 Å². The average Bonchev–Trinajstić information content (AvgIpc) is 2.48. The first kappa shape index (κ1) is 14.7. The molecule has 0 saturated carbocycles. The first-order valence-electron chi connectivity index (χ1n) is 6.90. The molecular weight excluding hydrogens is 258 g/mol. The molecule has 0 radical (unpaired) electrons. The lowest BCUT2D eigenvalue weighted by Crippen LogP contribution is -2.26. The minimum absolute atomic E-state index is 0.472. The standard InChI is InChI=1S/C15H21NO4/c1-10(15(17)18)20-13-4-3-12(9-14(13)19-2)11-5-7-16-8-6-11/h3-4,9-11,16H,5-8H2,1-2H3,(H,17,18). The molecule has 1 aliphatic heterocycles. The van der Waals surface area contributed by atoms with Crippen molar-refractivity contribution in [1.82, 2.24) is 5.32 Å². The summed E-state index contributed by atoms with van der Waals surface area (Å²) in [6.45, 7) is 3.56. The molecule has 2 N–H and O–H groups in total. The van der Waals surface area contributed by atoms with Crippen LogP contribution in [0, 0.1) is 0 Å². The zero-order valence-electron chi connectivity index (χ0n) is 11.9. The number of carboxylic acid groups (broad SMARTS) is 1. The summed E-state index contributed by atoms with van der Waals surface area (Å²) in [6.07, 6.45) is 1.32. The number of piperidine rings is 1. The Kier molecular flexibility index (Phi) is 4.84. The number of ether oxygens (including phenoxy) is 2. The van der Waals surface area contributed by atoms with E-state index in [2.05, 4.69) is 5.32 Å². The number of nitrogens with one attached hydrogen (secondary N) is 1. The molecule has 0 bridgehead atoms. The molecule has 1 heterocycles. The zero-order valence-corrected chi connectivity index (χ0v) is 11.9. The highest BCUT2D eigenvalue weighted by Gasteiger charge is 2.19. The van der Waals surface area contributed by atoms with Gasteiger partial charge in [0.15, 0.2) is 17.6 Å². The first-order chi connectivity index (χ1) is 9.61. The van der Waals surface area contributed by atoms with Crippen molar-refractivity contribution in [2.75, 3.05) is 20.2 Å². The van der Waals surface area contributed by atoms with E-state index in [1.165, 1.54) is 12.5 Å². The molecule has 0 spiro atoms. The van der Waals surface area contributed by atoms with Gasteiger partial charge in [0.25, 0.3) is 0 Å². The van der Waals surface area contributed by atoms with Gasteiger partial charge in [0.05, 0.1) is 7.11 Å². The zero-order chi connectivity index (χ0) is 14.5. The molecule has 110 valence electrons. The van der Waals surface area contributed by atoms with Crippen LogP contribution in [0.25, 0.3) is 0 Å². The molecule has 1 unspecified atom stereocenters. The van der Waals surface area contributed by atoms with Crippen molar-refractivity contribution in [3.8, 4) is 11.5 Å². The molecule has 20 heavy (non-hydrogen) atoms. The van der Waals surface area contributed by atoms with Gasteiger partial charge in [0, 0.05) is 0 Å². The largest absolute Gasteiger partial charge is 0.493 e. The monoisotopic (exact) mass is 279 g/mol. The number of benzene rings is 1. The summed E-state index contributed by atoms with van der Waals surface area (Å²) in [5.41, 5.74) is 1.22. The summed E-state index contributed by atoms with van der Waals surface area (Å²) in [6, 6.07) is 5.76. The van der Waals surface area contributed by atoms with E-state index < -0.39 is 12.1 Å². The predicted octanol–water partition coefficient (Wildman–Crippen LogP) is 2.01. The normalized spacial score (nSPS) is 17.5. The van der Waals surface area contributed by atoms with E-state index in [1.807, 2.05) is 12.1 Å². The van der Waals surface area contributed by atoms with E-state index in [0.717, 1.165) is 25.9 Å². The van der Waals surface area contributed by atoms with E-state index in [4.69, 9.17) is 14.6 Å². The van der Waals surface area contributed by atoms with Crippen molar-refractivity contribution in [1.29, 1.82) is 0 Å². The van der Waals surface area contributed by atoms with Crippen LogP contribution in [0.3, 0.4) is 0 Å². The van der Waals surface area contributed by atoms with Crippen molar-refractivity contribution in [2.24, 2.45) is 0 Å². The van der Waals surface area contributed by atoms with E-state index >= 15 is 0 Å². The molecule has 0 amide bonds. The summed E-state index contributed by atoms with van der Waals surface area (Å²) in [5, 5.41) is 12.2. The number of methoxy groups -OCH3 is 1. The third-order valence-corrected chi connectivity index (χ3v) is 3.65. The average molecular weight is 279 g/mol. The molecule has 5 heteroatoms. The molecule has 1 fully saturated rings. The van der Waals surface area contributed by atoms with Crippen LogP contribution in [0.15, 0.2) is 18.2 Å². The summed E-state index contributed by atoms with van der Waals surface area (Å²) in [7, 11) is 1.57. The SMILES string of the molecule is COc1cc(C2CCNCC2)ccc1OC(C)C(=O)O. The Bertz CT molecular complexity index is 469. The molecule has 1 aliphatic rings. The molecule has 0 aromatic heterocycles. The van der Waals surface area contributed by atoms with E-state index in [9.17, 15) is 4.79 Å². The van der Waals surface area contributed by atoms with E-state index in [0.29, 0.717) is 17.4 Å². The predicted molar refractivity (Wildman–Crippen MR) is 75.6 cm³/mol. The van der Waals surface area contributed by atoms with Crippen molar-refractivity contribution in [3.63, 3.8) is 0 Å². The van der Waals surface area contributed by atoms with Gasteiger partial charge >= 0.3 is 5.97 Å². The van der Waals surface area contributed by atoms with E-state index in [1.54, 1.807) is 13.2 Å². The quantitative estimate of drug-likeness (QED) is 0.863. The third kappa shape index (κ3) is 3.42. The van der Waals surface area contributed by atoms with Crippen molar-refractivity contribution in [3.05, 3.63) is 23.8 Å². The van der Waals surface area contributed by atoms with Crippen molar-refractivity contribution >= 4 is 5.97 Å². The molecule has 0 aliphatic carbocycles. The highest BCUT2D eigenvalue weighted by atomic mass is 16.5. The highest BCUT2D eigenvalue weighted by Crippen LogP contribution is 2.34. The number of hydrogen-bond donors (Lipinski definition) is 2. The topological polar surface area (TPSA) is 67.8 Å². The van der Waals surface area contributed by atoms with E-state index in [-0.39, 0.29) is 0 Å². The maximum Gasteiger partial charge on any atom is 0.344 e.